The topological polar surface area (TPSA) is 88.4 Å². The molecule has 23 heavy (non-hydrogen) atoms. The lowest BCUT2D eigenvalue weighted by Gasteiger charge is -2.33. The average Bonchev–Trinajstić information content (AvgIpc) is 2.55. The third-order valence-corrected chi connectivity index (χ3v) is 6.10. The first-order valence-electron chi connectivity index (χ1n) is 7.40. The third-order valence-electron chi connectivity index (χ3n) is 4.16. The van der Waals surface area contributed by atoms with Gasteiger partial charge in [0.2, 0.25) is 0 Å². The highest BCUT2D eigenvalue weighted by Crippen LogP contribution is 2.23. The molecular formula is C14H19N5O3S. The van der Waals surface area contributed by atoms with Crippen LogP contribution in [0, 0.1) is 0 Å². The number of nitrogens with zero attached hydrogens (tertiary/aromatic N) is 5. The molecule has 1 saturated heterocycles. The molecular weight excluding hydrogens is 318 g/mol. The molecule has 3 heterocycles. The van der Waals surface area contributed by atoms with Crippen LogP contribution in [0.4, 0.5) is 0 Å². The molecule has 2 aromatic rings. The molecule has 3 rings (SSSR count). The van der Waals surface area contributed by atoms with Gasteiger partial charge in [-0.25, -0.2) is 9.97 Å². The van der Waals surface area contributed by atoms with E-state index in [4.69, 9.17) is 0 Å². The molecule has 0 spiro atoms. The predicted molar refractivity (Wildman–Crippen MR) is 86.2 cm³/mol. The van der Waals surface area contributed by atoms with E-state index in [-0.39, 0.29) is 11.6 Å². The highest BCUT2D eigenvalue weighted by Gasteiger charge is 2.30. The molecule has 0 saturated carbocycles. The maximum Gasteiger partial charge on any atom is 0.281 e. The van der Waals surface area contributed by atoms with Gasteiger partial charge in [0, 0.05) is 39.4 Å². The number of hydrogen-bond acceptors (Lipinski definition) is 5. The van der Waals surface area contributed by atoms with Crippen LogP contribution in [0.1, 0.15) is 18.9 Å². The molecule has 0 aromatic carbocycles. The van der Waals surface area contributed by atoms with Crippen molar-refractivity contribution < 1.29 is 8.42 Å². The Hall–Kier alpha value is -1.84. The molecule has 0 unspecified atom stereocenters. The zero-order valence-electron chi connectivity index (χ0n) is 13.1. The van der Waals surface area contributed by atoms with Crippen molar-refractivity contribution in [3.05, 3.63) is 35.0 Å². The second-order valence-electron chi connectivity index (χ2n) is 5.75. The molecule has 0 atom stereocenters. The number of aromatic nitrogens is 3. The Labute approximate surface area is 134 Å². The molecule has 1 aliphatic rings. The Balaban J connectivity index is 1.84. The summed E-state index contributed by atoms with van der Waals surface area (Å²) in [5.41, 5.74) is 0.304. The van der Waals surface area contributed by atoms with Crippen LogP contribution < -0.4 is 5.56 Å². The Morgan fingerprint density at radius 3 is 2.57 bits per heavy atom. The molecule has 2 aromatic heterocycles. The molecule has 124 valence electrons. The molecule has 0 aliphatic carbocycles. The predicted octanol–water partition coefficient (Wildman–Crippen LogP) is 0.235. The highest BCUT2D eigenvalue weighted by atomic mass is 32.2. The number of piperidine rings is 1. The van der Waals surface area contributed by atoms with Crippen molar-refractivity contribution in [2.45, 2.75) is 18.9 Å². The van der Waals surface area contributed by atoms with Gasteiger partial charge in [0.1, 0.15) is 6.33 Å². The summed E-state index contributed by atoms with van der Waals surface area (Å²) < 4.78 is 28.5. The van der Waals surface area contributed by atoms with Gasteiger partial charge in [-0.2, -0.15) is 17.0 Å². The summed E-state index contributed by atoms with van der Waals surface area (Å²) in [6.45, 7) is 0.783. The third kappa shape index (κ3) is 2.87. The van der Waals surface area contributed by atoms with Crippen molar-refractivity contribution >= 4 is 21.2 Å². The lowest BCUT2D eigenvalue weighted by molar-refractivity contribution is 0.259. The van der Waals surface area contributed by atoms with Gasteiger partial charge < -0.3 is 0 Å². The standard InChI is InChI=1S/C14H19N5O3S/c1-17(2)23(21,22)18-8-5-11(6-9-18)19-10-16-13-12(14(19)20)4-3-7-15-13/h3-4,7,10-11H,5-6,8-9H2,1-2H3. The fraction of sp³-hybridized carbons (Fsp3) is 0.500. The van der Waals surface area contributed by atoms with Crippen LogP contribution in [-0.4, -0.2) is 58.7 Å². The molecule has 0 N–H and O–H groups in total. The van der Waals surface area contributed by atoms with E-state index in [1.165, 1.54) is 29.0 Å². The maximum absolute atomic E-state index is 12.6. The van der Waals surface area contributed by atoms with Crippen molar-refractivity contribution in [3.63, 3.8) is 0 Å². The van der Waals surface area contributed by atoms with Crippen LogP contribution in [-0.2, 0) is 10.2 Å². The van der Waals surface area contributed by atoms with Crippen molar-refractivity contribution in [2.75, 3.05) is 27.2 Å². The second kappa shape index (κ2) is 5.99. The van der Waals surface area contributed by atoms with E-state index < -0.39 is 10.2 Å². The van der Waals surface area contributed by atoms with E-state index in [1.807, 2.05) is 0 Å². The van der Waals surface area contributed by atoms with Crippen LogP contribution in [0.3, 0.4) is 0 Å². The zero-order chi connectivity index (χ0) is 16.6. The van der Waals surface area contributed by atoms with Crippen LogP contribution in [0.25, 0.3) is 11.0 Å². The van der Waals surface area contributed by atoms with E-state index in [9.17, 15) is 13.2 Å². The lowest BCUT2D eigenvalue weighted by Crippen LogP contribution is -2.45. The summed E-state index contributed by atoms with van der Waals surface area (Å²) in [5, 5.41) is 0.485. The van der Waals surface area contributed by atoms with Crippen LogP contribution in [0.5, 0.6) is 0 Å². The zero-order valence-corrected chi connectivity index (χ0v) is 13.9. The molecule has 0 radical (unpaired) electrons. The molecule has 1 aliphatic heterocycles. The smallest absolute Gasteiger partial charge is 0.281 e. The van der Waals surface area contributed by atoms with E-state index in [0.717, 1.165) is 0 Å². The Kier molecular flexibility index (Phi) is 4.17. The first kappa shape index (κ1) is 16.0. The minimum Gasteiger partial charge on any atom is -0.295 e. The van der Waals surface area contributed by atoms with Crippen molar-refractivity contribution in [1.82, 2.24) is 23.1 Å². The van der Waals surface area contributed by atoms with Crippen molar-refractivity contribution in [2.24, 2.45) is 0 Å². The van der Waals surface area contributed by atoms with Gasteiger partial charge in [-0.1, -0.05) is 0 Å². The van der Waals surface area contributed by atoms with E-state index in [0.29, 0.717) is 37.0 Å². The van der Waals surface area contributed by atoms with Gasteiger partial charge in [0.25, 0.3) is 15.8 Å². The minimum absolute atomic E-state index is 0.0479. The number of hydrogen-bond donors (Lipinski definition) is 0. The highest BCUT2D eigenvalue weighted by molar-refractivity contribution is 7.86. The molecule has 0 bridgehead atoms. The number of pyridine rings is 1. The first-order chi connectivity index (χ1) is 10.9. The number of fused-ring (bicyclic) bond motifs is 1. The summed E-state index contributed by atoms with van der Waals surface area (Å²) in [6.07, 6.45) is 4.28. The van der Waals surface area contributed by atoms with Crippen molar-refractivity contribution in [1.29, 1.82) is 0 Å². The fourth-order valence-electron chi connectivity index (χ4n) is 2.82. The summed E-state index contributed by atoms with van der Waals surface area (Å²) in [4.78, 5) is 20.9. The van der Waals surface area contributed by atoms with Gasteiger partial charge >= 0.3 is 0 Å². The summed E-state index contributed by atoms with van der Waals surface area (Å²) in [6, 6.07) is 3.37. The van der Waals surface area contributed by atoms with Crippen LogP contribution in [0.15, 0.2) is 29.5 Å². The Morgan fingerprint density at radius 1 is 1.22 bits per heavy atom. The molecule has 8 nitrogen and oxygen atoms in total. The SMILES string of the molecule is CN(C)S(=O)(=O)N1CCC(n2cnc3ncccc3c2=O)CC1. The van der Waals surface area contributed by atoms with Gasteiger partial charge in [-0.15, -0.1) is 0 Å². The van der Waals surface area contributed by atoms with Gasteiger partial charge in [0.05, 0.1) is 5.39 Å². The monoisotopic (exact) mass is 337 g/mol. The Bertz CT molecular complexity index is 869. The Morgan fingerprint density at radius 2 is 1.91 bits per heavy atom. The van der Waals surface area contributed by atoms with Crippen LogP contribution in [0.2, 0.25) is 0 Å². The molecule has 0 amide bonds. The van der Waals surface area contributed by atoms with E-state index in [1.54, 1.807) is 22.9 Å². The van der Waals surface area contributed by atoms with Crippen molar-refractivity contribution in [3.8, 4) is 0 Å². The summed E-state index contributed by atoms with van der Waals surface area (Å²) in [5.74, 6) is 0. The second-order valence-corrected chi connectivity index (χ2v) is 7.89. The lowest BCUT2D eigenvalue weighted by atomic mass is 10.1. The first-order valence-corrected chi connectivity index (χ1v) is 8.80. The number of rotatable bonds is 3. The van der Waals surface area contributed by atoms with Gasteiger partial charge in [-0.05, 0) is 25.0 Å². The summed E-state index contributed by atoms with van der Waals surface area (Å²) in [7, 11) is -0.357. The average molecular weight is 337 g/mol. The largest absolute Gasteiger partial charge is 0.295 e. The molecule has 9 heteroatoms. The van der Waals surface area contributed by atoms with Gasteiger partial charge in [-0.3, -0.25) is 9.36 Å². The summed E-state index contributed by atoms with van der Waals surface area (Å²) >= 11 is 0. The van der Waals surface area contributed by atoms with Crippen LogP contribution >= 0.6 is 0 Å². The quantitative estimate of drug-likeness (QED) is 0.800. The normalized spacial score (nSPS) is 17.9. The van der Waals surface area contributed by atoms with E-state index >= 15 is 0 Å². The fourth-order valence-corrected chi connectivity index (χ4v) is 3.95. The molecule has 1 fully saturated rings. The van der Waals surface area contributed by atoms with E-state index in [2.05, 4.69) is 9.97 Å². The van der Waals surface area contributed by atoms with Gasteiger partial charge in [0.15, 0.2) is 5.65 Å². The minimum atomic E-state index is -3.40. The maximum atomic E-state index is 12.6.